The lowest BCUT2D eigenvalue weighted by molar-refractivity contribution is -0.144. The van der Waals surface area contributed by atoms with Gasteiger partial charge in [0.1, 0.15) is 6.04 Å². The van der Waals surface area contributed by atoms with Crippen LogP contribution in [-0.4, -0.2) is 28.7 Å². The molecule has 0 saturated carbocycles. The Labute approximate surface area is 125 Å². The molecule has 0 aliphatic carbocycles. The standard InChI is InChI=1S/C13H12Cl2N2O3/c1-7(17-11(18)4-5-12(17)19)13(20)16-10-6-8(14)2-3-9(10)15/h2-3,6-7H,4-5H2,1H3,(H,16,20)/t7-/m0/s1. The van der Waals surface area contributed by atoms with Gasteiger partial charge >= 0.3 is 0 Å². The molecule has 1 heterocycles. The van der Waals surface area contributed by atoms with Crippen LogP contribution in [0.15, 0.2) is 18.2 Å². The highest BCUT2D eigenvalue weighted by Crippen LogP contribution is 2.26. The van der Waals surface area contributed by atoms with Crippen molar-refractivity contribution in [1.29, 1.82) is 0 Å². The van der Waals surface area contributed by atoms with Crippen molar-refractivity contribution < 1.29 is 14.4 Å². The smallest absolute Gasteiger partial charge is 0.247 e. The average molecular weight is 315 g/mol. The fourth-order valence-corrected chi connectivity index (χ4v) is 2.31. The number of likely N-dealkylation sites (tertiary alicyclic amines) is 1. The highest BCUT2D eigenvalue weighted by Gasteiger charge is 2.36. The molecule has 7 heteroatoms. The Hall–Kier alpha value is -1.59. The van der Waals surface area contributed by atoms with E-state index in [0.717, 1.165) is 4.90 Å². The molecule has 0 radical (unpaired) electrons. The third kappa shape index (κ3) is 2.94. The van der Waals surface area contributed by atoms with Crippen molar-refractivity contribution in [2.45, 2.75) is 25.8 Å². The van der Waals surface area contributed by atoms with E-state index in [2.05, 4.69) is 5.32 Å². The first kappa shape index (κ1) is 14.8. The van der Waals surface area contributed by atoms with Crippen LogP contribution in [0, 0.1) is 0 Å². The fourth-order valence-electron chi connectivity index (χ4n) is 1.97. The van der Waals surface area contributed by atoms with E-state index in [1.807, 2.05) is 0 Å². The molecule has 1 saturated heterocycles. The minimum absolute atomic E-state index is 0.147. The van der Waals surface area contributed by atoms with Gasteiger partial charge in [-0.05, 0) is 25.1 Å². The second-order valence-electron chi connectivity index (χ2n) is 4.45. The topological polar surface area (TPSA) is 66.5 Å². The first-order chi connectivity index (χ1) is 9.40. The summed E-state index contributed by atoms with van der Waals surface area (Å²) in [7, 11) is 0. The van der Waals surface area contributed by atoms with E-state index < -0.39 is 11.9 Å². The maximum atomic E-state index is 12.1. The Morgan fingerprint density at radius 3 is 2.45 bits per heavy atom. The minimum atomic E-state index is -0.882. The molecule has 1 aliphatic heterocycles. The number of halogens is 2. The van der Waals surface area contributed by atoms with Crippen LogP contribution in [0.5, 0.6) is 0 Å². The number of carbonyl (C=O) groups is 3. The summed E-state index contributed by atoms with van der Waals surface area (Å²) in [6, 6.07) is 3.77. The summed E-state index contributed by atoms with van der Waals surface area (Å²) in [6.45, 7) is 1.49. The van der Waals surface area contributed by atoms with Gasteiger partial charge in [0.15, 0.2) is 0 Å². The Kier molecular flexibility index (Phi) is 4.30. The molecule has 1 atom stereocenters. The van der Waals surface area contributed by atoms with E-state index in [1.54, 1.807) is 12.1 Å². The Morgan fingerprint density at radius 2 is 1.85 bits per heavy atom. The molecule has 2 rings (SSSR count). The quantitative estimate of drug-likeness (QED) is 0.871. The Morgan fingerprint density at radius 1 is 1.25 bits per heavy atom. The predicted molar refractivity (Wildman–Crippen MR) is 75.6 cm³/mol. The molecule has 20 heavy (non-hydrogen) atoms. The van der Waals surface area contributed by atoms with Crippen molar-refractivity contribution in [3.05, 3.63) is 28.2 Å². The van der Waals surface area contributed by atoms with E-state index in [4.69, 9.17) is 23.2 Å². The predicted octanol–water partition coefficient (Wildman–Crippen LogP) is 2.47. The van der Waals surface area contributed by atoms with Gasteiger partial charge in [-0.1, -0.05) is 23.2 Å². The molecule has 1 aliphatic rings. The van der Waals surface area contributed by atoms with Crippen LogP contribution >= 0.6 is 23.2 Å². The summed E-state index contributed by atoms with van der Waals surface area (Å²) < 4.78 is 0. The lowest BCUT2D eigenvalue weighted by Gasteiger charge is -2.21. The van der Waals surface area contributed by atoms with Crippen molar-refractivity contribution in [2.24, 2.45) is 0 Å². The first-order valence-corrected chi connectivity index (χ1v) is 6.76. The van der Waals surface area contributed by atoms with Crippen LogP contribution in [0.4, 0.5) is 5.69 Å². The monoisotopic (exact) mass is 314 g/mol. The van der Waals surface area contributed by atoms with Crippen LogP contribution in [0.1, 0.15) is 19.8 Å². The van der Waals surface area contributed by atoms with E-state index in [1.165, 1.54) is 13.0 Å². The summed E-state index contributed by atoms with van der Waals surface area (Å²) in [5, 5.41) is 3.32. The zero-order chi connectivity index (χ0) is 14.9. The molecule has 106 valence electrons. The third-order valence-electron chi connectivity index (χ3n) is 3.04. The molecular weight excluding hydrogens is 303 g/mol. The van der Waals surface area contributed by atoms with Gasteiger partial charge in [-0.25, -0.2) is 0 Å². The number of anilines is 1. The Balaban J connectivity index is 2.13. The molecule has 5 nitrogen and oxygen atoms in total. The maximum absolute atomic E-state index is 12.1. The van der Waals surface area contributed by atoms with E-state index >= 15 is 0 Å². The number of hydrogen-bond donors (Lipinski definition) is 1. The number of amides is 3. The first-order valence-electron chi connectivity index (χ1n) is 6.01. The highest BCUT2D eigenvalue weighted by molar-refractivity contribution is 6.35. The lowest BCUT2D eigenvalue weighted by Crippen LogP contribution is -2.45. The molecule has 0 spiro atoms. The molecule has 0 aromatic heterocycles. The van der Waals surface area contributed by atoms with Crippen molar-refractivity contribution in [1.82, 2.24) is 4.90 Å². The zero-order valence-electron chi connectivity index (χ0n) is 10.7. The summed E-state index contributed by atoms with van der Waals surface area (Å²) in [5.41, 5.74) is 0.343. The number of benzene rings is 1. The van der Waals surface area contributed by atoms with Crippen molar-refractivity contribution in [3.63, 3.8) is 0 Å². The fraction of sp³-hybridized carbons (Fsp3) is 0.308. The van der Waals surface area contributed by atoms with Crippen molar-refractivity contribution in [2.75, 3.05) is 5.32 Å². The average Bonchev–Trinajstić information content (AvgIpc) is 2.72. The molecular formula is C13H12Cl2N2O3. The van der Waals surface area contributed by atoms with Crippen LogP contribution in [0.2, 0.25) is 10.0 Å². The molecule has 0 bridgehead atoms. The number of imide groups is 1. The van der Waals surface area contributed by atoms with Gasteiger partial charge in [-0.3, -0.25) is 19.3 Å². The van der Waals surface area contributed by atoms with Gasteiger partial charge in [-0.15, -0.1) is 0 Å². The highest BCUT2D eigenvalue weighted by atomic mass is 35.5. The number of carbonyl (C=O) groups excluding carboxylic acids is 3. The van der Waals surface area contributed by atoms with Gasteiger partial charge in [-0.2, -0.15) is 0 Å². The number of nitrogens with zero attached hydrogens (tertiary/aromatic N) is 1. The second-order valence-corrected chi connectivity index (χ2v) is 5.29. The van der Waals surface area contributed by atoms with E-state index in [9.17, 15) is 14.4 Å². The maximum Gasteiger partial charge on any atom is 0.247 e. The van der Waals surface area contributed by atoms with Crippen molar-refractivity contribution >= 4 is 46.6 Å². The SMILES string of the molecule is C[C@@H](C(=O)Nc1cc(Cl)ccc1Cl)N1C(=O)CCC1=O. The van der Waals surface area contributed by atoms with Crippen LogP contribution in [0.25, 0.3) is 0 Å². The lowest BCUT2D eigenvalue weighted by atomic mass is 10.2. The summed E-state index contributed by atoms with van der Waals surface area (Å²) in [4.78, 5) is 36.2. The van der Waals surface area contributed by atoms with Gasteiger partial charge in [0.2, 0.25) is 17.7 Å². The molecule has 1 fully saturated rings. The van der Waals surface area contributed by atoms with Gasteiger partial charge in [0.05, 0.1) is 10.7 Å². The normalized spacial score (nSPS) is 16.4. The summed E-state index contributed by atoms with van der Waals surface area (Å²) in [6.07, 6.45) is 0.294. The largest absolute Gasteiger partial charge is 0.323 e. The molecule has 1 aromatic carbocycles. The molecule has 3 amide bonds. The Bertz CT molecular complexity index is 573. The second kappa shape index (κ2) is 5.81. The van der Waals surface area contributed by atoms with E-state index in [0.29, 0.717) is 15.7 Å². The molecule has 0 unspecified atom stereocenters. The minimum Gasteiger partial charge on any atom is -0.323 e. The zero-order valence-corrected chi connectivity index (χ0v) is 12.2. The number of nitrogens with one attached hydrogen (secondary N) is 1. The van der Waals surface area contributed by atoms with Crippen LogP contribution in [-0.2, 0) is 14.4 Å². The summed E-state index contributed by atoms with van der Waals surface area (Å²) in [5.74, 6) is -1.16. The van der Waals surface area contributed by atoms with Crippen LogP contribution < -0.4 is 5.32 Å². The molecule has 1 aromatic rings. The van der Waals surface area contributed by atoms with Crippen LogP contribution in [0.3, 0.4) is 0 Å². The summed E-state index contributed by atoms with van der Waals surface area (Å²) >= 11 is 11.8. The number of hydrogen-bond acceptors (Lipinski definition) is 3. The number of rotatable bonds is 3. The van der Waals surface area contributed by atoms with Gasteiger partial charge in [0, 0.05) is 17.9 Å². The van der Waals surface area contributed by atoms with Gasteiger partial charge < -0.3 is 5.32 Å². The van der Waals surface area contributed by atoms with Crippen molar-refractivity contribution in [3.8, 4) is 0 Å². The van der Waals surface area contributed by atoms with Gasteiger partial charge in [0.25, 0.3) is 0 Å². The van der Waals surface area contributed by atoms with E-state index in [-0.39, 0.29) is 24.7 Å². The molecule has 1 N–H and O–H groups in total. The third-order valence-corrected chi connectivity index (χ3v) is 3.61.